The van der Waals surface area contributed by atoms with E-state index in [2.05, 4.69) is 34.1 Å². The highest BCUT2D eigenvalue weighted by Gasteiger charge is 2.29. The van der Waals surface area contributed by atoms with Crippen LogP contribution in [-0.4, -0.2) is 73.7 Å². The summed E-state index contributed by atoms with van der Waals surface area (Å²) < 4.78 is 7.43. The van der Waals surface area contributed by atoms with Gasteiger partial charge in [-0.15, -0.1) is 0 Å². The van der Waals surface area contributed by atoms with E-state index in [0.29, 0.717) is 37.9 Å². The predicted molar refractivity (Wildman–Crippen MR) is 134 cm³/mol. The summed E-state index contributed by atoms with van der Waals surface area (Å²) in [6.07, 6.45) is 3.14. The van der Waals surface area contributed by atoms with Gasteiger partial charge in [-0.2, -0.15) is 5.10 Å². The molecule has 3 aromatic rings. The number of β-amino-alcohol motifs (C(OH)–C–C–N with tert-alkyl or cyclic N) is 1. The Hall–Kier alpha value is -3.20. The van der Waals surface area contributed by atoms with Crippen LogP contribution >= 0.6 is 0 Å². The molecule has 0 radical (unpaired) electrons. The number of aryl methyl sites for hydroxylation is 2. The van der Waals surface area contributed by atoms with E-state index in [1.165, 1.54) is 11.1 Å². The Morgan fingerprint density at radius 2 is 1.74 bits per heavy atom. The van der Waals surface area contributed by atoms with Gasteiger partial charge in [-0.3, -0.25) is 0 Å². The molecule has 0 unspecified atom stereocenters. The Kier molecular flexibility index (Phi) is 5.91. The lowest BCUT2D eigenvalue weighted by Crippen LogP contribution is -2.51. The number of amides is 1. The van der Waals surface area contributed by atoms with Gasteiger partial charge in [0, 0.05) is 37.6 Å². The number of nitrogens with zero attached hydrogens (tertiary/aromatic N) is 6. The molecule has 4 heterocycles. The summed E-state index contributed by atoms with van der Waals surface area (Å²) in [6.45, 7) is 12.3. The molecule has 2 saturated heterocycles. The molecule has 0 atom stereocenters. The normalized spacial score (nSPS) is 17.7. The third-order valence-electron chi connectivity index (χ3n) is 6.76. The summed E-state index contributed by atoms with van der Waals surface area (Å²) in [6, 6.07) is 6.36. The molecule has 0 aliphatic carbocycles. The minimum absolute atomic E-state index is 0.231. The van der Waals surface area contributed by atoms with Crippen LogP contribution in [0.3, 0.4) is 0 Å². The fourth-order valence-electron chi connectivity index (χ4n) is 4.98. The summed E-state index contributed by atoms with van der Waals surface area (Å²) in [5.74, 6) is 2.57. The number of rotatable bonds is 3. The summed E-state index contributed by atoms with van der Waals surface area (Å²) in [7, 11) is 0. The first-order valence-corrected chi connectivity index (χ1v) is 12.3. The maximum Gasteiger partial charge on any atom is 0.410 e. The SMILES string of the molecule is Cc1nc(N2CC(O)C2)cc(-n2ncc3cc(C)c(C4CCN(C(=O)OC(C)(C)C)CC4)cc32)n1. The predicted octanol–water partition coefficient (Wildman–Crippen LogP) is 3.73. The average molecular weight is 479 g/mol. The molecule has 0 saturated carbocycles. The second-order valence-corrected chi connectivity index (χ2v) is 10.8. The van der Waals surface area contributed by atoms with E-state index in [1.54, 1.807) is 0 Å². The first kappa shape index (κ1) is 23.5. The quantitative estimate of drug-likeness (QED) is 0.613. The number of piperidine rings is 1. The molecule has 35 heavy (non-hydrogen) atoms. The van der Waals surface area contributed by atoms with Crippen LogP contribution in [0.25, 0.3) is 16.7 Å². The van der Waals surface area contributed by atoms with Crippen LogP contribution in [0.2, 0.25) is 0 Å². The second kappa shape index (κ2) is 8.78. The first-order valence-electron chi connectivity index (χ1n) is 12.3. The third kappa shape index (κ3) is 4.82. The number of aliphatic hydroxyl groups is 1. The van der Waals surface area contributed by atoms with E-state index in [4.69, 9.17) is 4.74 Å². The summed E-state index contributed by atoms with van der Waals surface area (Å²) >= 11 is 0. The van der Waals surface area contributed by atoms with Gasteiger partial charge in [0.05, 0.1) is 17.8 Å². The standard InChI is InChI=1S/C26H34N6O3/c1-16-10-19-13-27-32(24-12-23(28-17(2)29-24)31-14-20(33)15-31)22(19)11-21(16)18-6-8-30(9-7-18)25(34)35-26(3,4)5/h10-13,18,20,33H,6-9,14-15H2,1-5H3. The zero-order valence-electron chi connectivity index (χ0n) is 21.2. The third-order valence-corrected chi connectivity index (χ3v) is 6.76. The first-order chi connectivity index (χ1) is 16.6. The van der Waals surface area contributed by atoms with Gasteiger partial charge >= 0.3 is 6.09 Å². The van der Waals surface area contributed by atoms with Crippen molar-refractivity contribution in [1.29, 1.82) is 0 Å². The molecule has 2 aliphatic heterocycles. The Labute approximate surface area is 205 Å². The van der Waals surface area contributed by atoms with Gasteiger partial charge < -0.3 is 19.6 Å². The van der Waals surface area contributed by atoms with Crippen molar-refractivity contribution in [1.82, 2.24) is 24.6 Å². The Bertz CT molecular complexity index is 1250. The minimum atomic E-state index is -0.484. The van der Waals surface area contributed by atoms with Crippen LogP contribution in [0.15, 0.2) is 24.4 Å². The number of aromatic nitrogens is 4. The molecule has 9 heteroatoms. The molecule has 1 N–H and O–H groups in total. The number of carbonyl (C=O) groups is 1. The fraction of sp³-hybridized carbons (Fsp3) is 0.538. The largest absolute Gasteiger partial charge is 0.444 e. The molecule has 1 aromatic carbocycles. The van der Waals surface area contributed by atoms with Crippen molar-refractivity contribution in [2.45, 2.75) is 65.1 Å². The highest BCUT2D eigenvalue weighted by molar-refractivity contribution is 5.82. The number of hydrogen-bond acceptors (Lipinski definition) is 7. The van der Waals surface area contributed by atoms with Gasteiger partial charge in [0.2, 0.25) is 0 Å². The maximum absolute atomic E-state index is 12.5. The molecule has 2 aliphatic rings. The lowest BCUT2D eigenvalue weighted by Gasteiger charge is -2.36. The fourth-order valence-corrected chi connectivity index (χ4v) is 4.98. The van der Waals surface area contributed by atoms with Gasteiger partial charge in [-0.25, -0.2) is 19.4 Å². The van der Waals surface area contributed by atoms with Crippen molar-refractivity contribution < 1.29 is 14.6 Å². The lowest BCUT2D eigenvalue weighted by atomic mass is 9.86. The zero-order valence-corrected chi connectivity index (χ0v) is 21.2. The van der Waals surface area contributed by atoms with Crippen molar-refractivity contribution in [3.8, 4) is 5.82 Å². The summed E-state index contributed by atoms with van der Waals surface area (Å²) in [4.78, 5) is 25.5. The Morgan fingerprint density at radius 1 is 1.06 bits per heavy atom. The molecule has 1 amide bonds. The van der Waals surface area contributed by atoms with Crippen LogP contribution in [0, 0.1) is 13.8 Å². The van der Waals surface area contributed by atoms with E-state index in [-0.39, 0.29) is 12.2 Å². The zero-order chi connectivity index (χ0) is 24.9. The van der Waals surface area contributed by atoms with Crippen LogP contribution in [0.4, 0.5) is 10.6 Å². The van der Waals surface area contributed by atoms with E-state index < -0.39 is 5.60 Å². The maximum atomic E-state index is 12.5. The number of ether oxygens (including phenoxy) is 1. The van der Waals surface area contributed by atoms with E-state index >= 15 is 0 Å². The van der Waals surface area contributed by atoms with Gasteiger partial charge in [-0.1, -0.05) is 0 Å². The minimum Gasteiger partial charge on any atom is -0.444 e. The number of anilines is 1. The molecule has 0 spiro atoms. The number of carbonyl (C=O) groups excluding carboxylic acids is 1. The number of aliphatic hydroxyl groups excluding tert-OH is 1. The molecule has 2 aromatic heterocycles. The lowest BCUT2D eigenvalue weighted by molar-refractivity contribution is 0.0205. The topological polar surface area (TPSA) is 96.6 Å². The van der Waals surface area contributed by atoms with Crippen LogP contribution < -0.4 is 4.90 Å². The van der Waals surface area contributed by atoms with E-state index in [1.807, 2.05) is 54.4 Å². The number of likely N-dealkylation sites (tertiary alicyclic amines) is 1. The van der Waals surface area contributed by atoms with Crippen molar-refractivity contribution >= 4 is 22.8 Å². The molecule has 5 rings (SSSR count). The van der Waals surface area contributed by atoms with Crippen LogP contribution in [0.1, 0.15) is 56.5 Å². The summed E-state index contributed by atoms with van der Waals surface area (Å²) in [5, 5.41) is 15.4. The second-order valence-electron chi connectivity index (χ2n) is 10.8. The summed E-state index contributed by atoms with van der Waals surface area (Å²) in [5.41, 5.74) is 3.05. The van der Waals surface area contributed by atoms with Gasteiger partial charge in [0.25, 0.3) is 0 Å². The molecule has 2 fully saturated rings. The average Bonchev–Trinajstić information content (AvgIpc) is 3.17. The monoisotopic (exact) mass is 478 g/mol. The molecular formula is C26H34N6O3. The highest BCUT2D eigenvalue weighted by Crippen LogP contribution is 2.34. The van der Waals surface area contributed by atoms with Crippen molar-refractivity contribution in [2.75, 3.05) is 31.1 Å². The molecule has 9 nitrogen and oxygen atoms in total. The number of benzene rings is 1. The molecular weight excluding hydrogens is 444 g/mol. The van der Waals surface area contributed by atoms with Crippen LogP contribution in [-0.2, 0) is 4.74 Å². The Morgan fingerprint density at radius 3 is 2.40 bits per heavy atom. The molecule has 186 valence electrons. The smallest absolute Gasteiger partial charge is 0.410 e. The highest BCUT2D eigenvalue weighted by atomic mass is 16.6. The van der Waals surface area contributed by atoms with Crippen molar-refractivity contribution in [3.63, 3.8) is 0 Å². The molecule has 0 bridgehead atoms. The van der Waals surface area contributed by atoms with E-state index in [9.17, 15) is 9.90 Å². The van der Waals surface area contributed by atoms with Gasteiger partial charge in [0.15, 0.2) is 5.82 Å². The van der Waals surface area contributed by atoms with Gasteiger partial charge in [0.1, 0.15) is 17.2 Å². The van der Waals surface area contributed by atoms with Crippen molar-refractivity contribution in [3.05, 3.63) is 41.3 Å². The number of hydrogen-bond donors (Lipinski definition) is 1. The van der Waals surface area contributed by atoms with Gasteiger partial charge in [-0.05, 0) is 76.6 Å². The van der Waals surface area contributed by atoms with Crippen molar-refractivity contribution in [2.24, 2.45) is 0 Å². The number of fused-ring (bicyclic) bond motifs is 1. The van der Waals surface area contributed by atoms with E-state index in [0.717, 1.165) is 35.4 Å². The van der Waals surface area contributed by atoms with Crippen LogP contribution in [0.5, 0.6) is 0 Å². The Balaban J connectivity index is 1.40.